The van der Waals surface area contributed by atoms with Gasteiger partial charge in [-0.25, -0.2) is 0 Å². The van der Waals surface area contributed by atoms with Crippen LogP contribution in [0, 0.1) is 0 Å². The number of nitrogens with one attached hydrogen (secondary N) is 1. The van der Waals surface area contributed by atoms with E-state index in [0.29, 0.717) is 5.76 Å². The smallest absolute Gasteiger partial charge is 0.249 e. The zero-order valence-corrected chi connectivity index (χ0v) is 10.2. The molecule has 0 aliphatic carbocycles. The molecule has 1 N–H and O–H groups in total. The maximum absolute atomic E-state index is 11.7. The first-order chi connectivity index (χ1) is 8.04. The van der Waals surface area contributed by atoms with Gasteiger partial charge in [-0.15, -0.1) is 0 Å². The van der Waals surface area contributed by atoms with Crippen LogP contribution in [0.4, 0.5) is 0 Å². The summed E-state index contributed by atoms with van der Waals surface area (Å²) in [5.74, 6) is -0.0500. The number of ketones is 1. The molecule has 0 unspecified atom stereocenters. The molecule has 2 atom stereocenters. The van der Waals surface area contributed by atoms with Gasteiger partial charge in [0.15, 0.2) is 11.5 Å². The molecule has 0 aliphatic heterocycles. The second kappa shape index (κ2) is 6.20. The summed E-state index contributed by atoms with van der Waals surface area (Å²) in [6.07, 6.45) is 1.13. The minimum absolute atomic E-state index is 0.132. The topological polar surface area (TPSA) is 68.5 Å². The van der Waals surface area contributed by atoms with Gasteiger partial charge < -0.3 is 14.5 Å². The molecule has 0 radical (unpaired) electrons. The van der Waals surface area contributed by atoms with Crippen molar-refractivity contribution in [2.75, 3.05) is 7.11 Å². The van der Waals surface area contributed by atoms with Crippen LogP contribution in [0.5, 0.6) is 0 Å². The van der Waals surface area contributed by atoms with E-state index in [0.717, 1.165) is 0 Å². The average Bonchev–Trinajstić information content (AvgIpc) is 2.80. The molecule has 0 aliphatic rings. The van der Waals surface area contributed by atoms with E-state index < -0.39 is 6.10 Å². The van der Waals surface area contributed by atoms with Crippen LogP contribution < -0.4 is 5.32 Å². The molecule has 1 aromatic heterocycles. The van der Waals surface area contributed by atoms with Crippen molar-refractivity contribution in [3.8, 4) is 0 Å². The predicted octanol–water partition coefficient (Wildman–Crippen LogP) is 1.39. The number of rotatable bonds is 6. The van der Waals surface area contributed by atoms with Crippen molar-refractivity contribution in [2.45, 2.75) is 32.4 Å². The molecule has 0 bridgehead atoms. The third-order valence-corrected chi connectivity index (χ3v) is 2.40. The number of hydrogen-bond acceptors (Lipinski definition) is 4. The van der Waals surface area contributed by atoms with Gasteiger partial charge in [-0.2, -0.15) is 0 Å². The van der Waals surface area contributed by atoms with E-state index in [9.17, 15) is 9.59 Å². The molecule has 17 heavy (non-hydrogen) atoms. The molecule has 1 aromatic rings. The largest absolute Gasteiger partial charge is 0.461 e. The first-order valence-corrected chi connectivity index (χ1v) is 5.44. The van der Waals surface area contributed by atoms with Crippen LogP contribution in [0.1, 0.15) is 30.8 Å². The number of hydrogen-bond donors (Lipinski definition) is 1. The Morgan fingerprint density at radius 2 is 2.18 bits per heavy atom. The third-order valence-electron chi connectivity index (χ3n) is 2.40. The number of carbonyl (C=O) groups excluding carboxylic acids is 2. The van der Waals surface area contributed by atoms with Gasteiger partial charge in [-0.05, 0) is 26.0 Å². The summed E-state index contributed by atoms with van der Waals surface area (Å²) in [5.41, 5.74) is 0. The highest BCUT2D eigenvalue weighted by atomic mass is 16.5. The molecule has 94 valence electrons. The first kappa shape index (κ1) is 13.4. The number of carbonyl (C=O) groups is 2. The van der Waals surface area contributed by atoms with Crippen LogP contribution >= 0.6 is 0 Å². The Balaban J connectivity index is 2.42. The molecule has 1 amide bonds. The number of furan rings is 1. The second-order valence-corrected chi connectivity index (χ2v) is 3.89. The second-order valence-electron chi connectivity index (χ2n) is 3.89. The molecule has 0 aromatic carbocycles. The van der Waals surface area contributed by atoms with Crippen molar-refractivity contribution in [1.29, 1.82) is 0 Å². The average molecular weight is 239 g/mol. The normalized spacial score (nSPS) is 14.1. The van der Waals surface area contributed by atoms with Crippen LogP contribution in [0.15, 0.2) is 22.8 Å². The monoisotopic (exact) mass is 239 g/mol. The molecule has 0 spiro atoms. The van der Waals surface area contributed by atoms with Crippen molar-refractivity contribution in [3.05, 3.63) is 24.2 Å². The van der Waals surface area contributed by atoms with E-state index in [4.69, 9.17) is 9.15 Å². The van der Waals surface area contributed by atoms with Crippen LogP contribution in [-0.2, 0) is 9.53 Å². The van der Waals surface area contributed by atoms with E-state index in [1.807, 2.05) is 0 Å². The Kier molecular flexibility index (Phi) is 4.90. The quantitative estimate of drug-likeness (QED) is 0.762. The summed E-state index contributed by atoms with van der Waals surface area (Å²) in [6.45, 7) is 3.41. The molecule has 0 fully saturated rings. The van der Waals surface area contributed by atoms with Gasteiger partial charge in [0.05, 0.1) is 6.26 Å². The lowest BCUT2D eigenvalue weighted by molar-refractivity contribution is -0.130. The van der Waals surface area contributed by atoms with Crippen LogP contribution in [0.2, 0.25) is 0 Å². The molecule has 5 heteroatoms. The van der Waals surface area contributed by atoms with Crippen LogP contribution in [0.25, 0.3) is 0 Å². The Bertz CT molecular complexity index is 372. The van der Waals surface area contributed by atoms with Crippen molar-refractivity contribution in [3.63, 3.8) is 0 Å². The Morgan fingerprint density at radius 3 is 2.71 bits per heavy atom. The van der Waals surface area contributed by atoms with Crippen molar-refractivity contribution in [1.82, 2.24) is 5.32 Å². The zero-order valence-electron chi connectivity index (χ0n) is 10.2. The summed E-state index contributed by atoms with van der Waals surface area (Å²) in [5, 5.41) is 2.70. The maximum atomic E-state index is 11.7. The summed E-state index contributed by atoms with van der Waals surface area (Å²) >= 11 is 0. The standard InChI is InChI=1S/C12H17NO4/c1-8(13-12(15)9(2)16-3)7-10(14)11-5-4-6-17-11/h4-6,8-9H,7H2,1-3H3,(H,13,15)/t8-,9-/m0/s1. The number of methoxy groups -OCH3 is 1. The van der Waals surface area contributed by atoms with Gasteiger partial charge in [0.1, 0.15) is 6.10 Å². The molecule has 1 heterocycles. The molecular weight excluding hydrogens is 222 g/mol. The van der Waals surface area contributed by atoms with Crippen LogP contribution in [-0.4, -0.2) is 30.9 Å². The van der Waals surface area contributed by atoms with Crippen molar-refractivity contribution >= 4 is 11.7 Å². The summed E-state index contributed by atoms with van der Waals surface area (Å²) in [4.78, 5) is 23.1. The fourth-order valence-corrected chi connectivity index (χ4v) is 1.33. The predicted molar refractivity (Wildman–Crippen MR) is 61.7 cm³/mol. The molecule has 0 saturated carbocycles. The van der Waals surface area contributed by atoms with E-state index >= 15 is 0 Å². The van der Waals surface area contributed by atoms with E-state index in [1.54, 1.807) is 26.0 Å². The lowest BCUT2D eigenvalue weighted by Gasteiger charge is -2.15. The van der Waals surface area contributed by atoms with Gasteiger partial charge in [-0.3, -0.25) is 9.59 Å². The SMILES string of the molecule is CO[C@@H](C)C(=O)N[C@@H](C)CC(=O)c1ccco1. The van der Waals surface area contributed by atoms with Crippen molar-refractivity contribution in [2.24, 2.45) is 0 Å². The first-order valence-electron chi connectivity index (χ1n) is 5.44. The number of Topliss-reactive ketones (excluding diaryl/α,β-unsaturated/α-hetero) is 1. The van der Waals surface area contributed by atoms with E-state index in [1.165, 1.54) is 13.4 Å². The Labute approximate surface area is 100 Å². The minimum Gasteiger partial charge on any atom is -0.461 e. The highest BCUT2D eigenvalue weighted by Gasteiger charge is 2.18. The highest BCUT2D eigenvalue weighted by molar-refractivity contribution is 5.94. The third kappa shape index (κ3) is 4.03. The highest BCUT2D eigenvalue weighted by Crippen LogP contribution is 2.06. The van der Waals surface area contributed by atoms with Crippen molar-refractivity contribution < 1.29 is 18.7 Å². The molecular formula is C12H17NO4. The number of amides is 1. The van der Waals surface area contributed by atoms with Gasteiger partial charge in [0, 0.05) is 19.6 Å². The summed E-state index contributed by atoms with van der Waals surface area (Å²) in [6, 6.07) is 3.01. The Morgan fingerprint density at radius 1 is 1.47 bits per heavy atom. The summed E-state index contributed by atoms with van der Waals surface area (Å²) < 4.78 is 9.86. The fourth-order valence-electron chi connectivity index (χ4n) is 1.33. The van der Waals surface area contributed by atoms with E-state index in [-0.39, 0.29) is 24.2 Å². The van der Waals surface area contributed by atoms with E-state index in [2.05, 4.69) is 5.32 Å². The van der Waals surface area contributed by atoms with Gasteiger partial charge >= 0.3 is 0 Å². The fraction of sp³-hybridized carbons (Fsp3) is 0.500. The lowest BCUT2D eigenvalue weighted by Crippen LogP contribution is -2.40. The number of ether oxygens (including phenoxy) is 1. The van der Waals surface area contributed by atoms with Gasteiger partial charge in [-0.1, -0.05) is 0 Å². The maximum Gasteiger partial charge on any atom is 0.249 e. The minimum atomic E-state index is -0.517. The molecule has 1 rings (SSSR count). The Hall–Kier alpha value is -1.62. The molecule has 5 nitrogen and oxygen atoms in total. The zero-order chi connectivity index (χ0) is 12.8. The van der Waals surface area contributed by atoms with Gasteiger partial charge in [0.25, 0.3) is 0 Å². The summed E-state index contributed by atoms with van der Waals surface area (Å²) in [7, 11) is 1.46. The van der Waals surface area contributed by atoms with Gasteiger partial charge in [0.2, 0.25) is 5.91 Å². The molecule has 0 saturated heterocycles. The van der Waals surface area contributed by atoms with Crippen LogP contribution in [0.3, 0.4) is 0 Å². The lowest BCUT2D eigenvalue weighted by atomic mass is 10.1.